The molecule has 1 saturated heterocycles. The fraction of sp³-hybridized carbons (Fsp3) is 0.458. The summed E-state index contributed by atoms with van der Waals surface area (Å²) in [5.74, 6) is 1.43. The molecule has 6 unspecified atom stereocenters. The predicted octanol–water partition coefficient (Wildman–Crippen LogP) is 1.68. The Morgan fingerprint density at radius 1 is 1.32 bits per heavy atom. The van der Waals surface area contributed by atoms with Gasteiger partial charge in [-0.25, -0.2) is 9.88 Å². The molecule has 0 saturated carbocycles. The number of nitrogens with zero attached hydrogens (tertiary/aromatic N) is 1. The number of H-pyrrole nitrogens is 1. The lowest BCUT2D eigenvalue weighted by Gasteiger charge is -2.29. The minimum atomic E-state index is -3.40. The number of benzene rings is 1. The van der Waals surface area contributed by atoms with Crippen molar-refractivity contribution in [3.05, 3.63) is 63.4 Å². The van der Waals surface area contributed by atoms with Crippen LogP contribution < -0.4 is 20.9 Å². The van der Waals surface area contributed by atoms with Crippen LogP contribution in [0, 0.1) is 18.3 Å². The number of carbonyl (C=O) groups excluding carboxylic acids is 1. The second kappa shape index (κ2) is 12.6. The summed E-state index contributed by atoms with van der Waals surface area (Å²) < 4.78 is 24.3. The van der Waals surface area contributed by atoms with Crippen molar-refractivity contribution in [1.82, 2.24) is 14.6 Å². The molecule has 37 heavy (non-hydrogen) atoms. The van der Waals surface area contributed by atoms with Gasteiger partial charge in [-0.3, -0.25) is 19.1 Å². The highest BCUT2D eigenvalue weighted by Crippen LogP contribution is 2.47. The highest BCUT2D eigenvalue weighted by molar-refractivity contribution is 8.09. The zero-order valence-corrected chi connectivity index (χ0v) is 22.3. The molecule has 13 heteroatoms. The van der Waals surface area contributed by atoms with E-state index in [1.165, 1.54) is 6.20 Å². The lowest BCUT2D eigenvalue weighted by Crippen LogP contribution is -2.39. The van der Waals surface area contributed by atoms with Crippen molar-refractivity contribution in [3.63, 3.8) is 0 Å². The van der Waals surface area contributed by atoms with E-state index in [0.717, 1.165) is 10.6 Å². The number of hydrogen-bond acceptors (Lipinski definition) is 9. The Morgan fingerprint density at radius 2 is 2.03 bits per heavy atom. The standard InChI is InChI=1S/C24H30N3O8PS/c1-5-17-21(29)19(34-22(17)27-13-12-20(28)25-24(27)31)14-32-36(37,35-16-10-8-7-9-11-16)26-18(6-2)23(30)33-15(3)4/h1,7-13,15,17-19,21-22,29H,6,14H2,2-4H3,(H,26,37)(H,25,28,31). The molecule has 3 N–H and O–H groups in total. The van der Waals surface area contributed by atoms with Gasteiger partial charge in [-0.05, 0) is 44.2 Å². The number of para-hydroxylation sites is 1. The van der Waals surface area contributed by atoms with E-state index < -0.39 is 54.3 Å². The van der Waals surface area contributed by atoms with E-state index in [2.05, 4.69) is 16.0 Å². The summed E-state index contributed by atoms with van der Waals surface area (Å²) >= 11 is 5.72. The molecular weight excluding hydrogens is 521 g/mol. The van der Waals surface area contributed by atoms with Crippen LogP contribution in [0.2, 0.25) is 0 Å². The average molecular weight is 552 g/mol. The van der Waals surface area contributed by atoms with Crippen molar-refractivity contribution >= 4 is 24.4 Å². The number of aromatic amines is 1. The highest BCUT2D eigenvalue weighted by atomic mass is 32.5. The Hall–Kier alpha value is -2.78. The van der Waals surface area contributed by atoms with E-state index in [4.69, 9.17) is 36.8 Å². The molecule has 1 aliphatic rings. The van der Waals surface area contributed by atoms with Crippen LogP contribution in [0.15, 0.2) is 52.2 Å². The normalized spacial score (nSPS) is 23.7. The molecule has 1 fully saturated rings. The maximum atomic E-state index is 12.6. The number of aromatic nitrogens is 2. The quantitative estimate of drug-likeness (QED) is 0.215. The summed E-state index contributed by atoms with van der Waals surface area (Å²) in [6, 6.07) is 9.03. The first kappa shape index (κ1) is 28.8. The third-order valence-corrected chi connectivity index (χ3v) is 7.85. The summed E-state index contributed by atoms with van der Waals surface area (Å²) in [4.78, 5) is 38.4. The summed E-state index contributed by atoms with van der Waals surface area (Å²) in [6.45, 7) is 1.60. The molecule has 0 amide bonds. The number of aliphatic hydroxyl groups excluding tert-OH is 1. The van der Waals surface area contributed by atoms with Crippen LogP contribution in [-0.2, 0) is 30.6 Å². The molecule has 0 radical (unpaired) electrons. The predicted molar refractivity (Wildman–Crippen MR) is 139 cm³/mol. The molecule has 2 heterocycles. The van der Waals surface area contributed by atoms with Crippen LogP contribution in [0.5, 0.6) is 5.75 Å². The van der Waals surface area contributed by atoms with Crippen LogP contribution in [0.4, 0.5) is 0 Å². The summed E-state index contributed by atoms with van der Waals surface area (Å²) in [5, 5.41) is 13.8. The molecule has 3 rings (SSSR count). The summed E-state index contributed by atoms with van der Waals surface area (Å²) in [6.07, 6.45) is 3.62. The Kier molecular flexibility index (Phi) is 9.84. The zero-order chi connectivity index (χ0) is 27.2. The third kappa shape index (κ3) is 7.38. The maximum Gasteiger partial charge on any atom is 0.330 e. The highest BCUT2D eigenvalue weighted by Gasteiger charge is 2.45. The monoisotopic (exact) mass is 551 g/mol. The van der Waals surface area contributed by atoms with E-state index in [9.17, 15) is 19.5 Å². The van der Waals surface area contributed by atoms with Gasteiger partial charge in [0.1, 0.15) is 24.0 Å². The van der Waals surface area contributed by atoms with Crippen molar-refractivity contribution in [2.24, 2.45) is 5.92 Å². The number of terminal acetylenes is 1. The molecule has 200 valence electrons. The SMILES string of the molecule is C#CC1C(O)C(COP(=S)(NC(CC)C(=O)OC(C)C)Oc2ccccc2)OC1n1ccc(=O)[nH]c1=O. The molecular formula is C24H30N3O8PS. The first-order chi connectivity index (χ1) is 17.6. The lowest BCUT2D eigenvalue weighted by atomic mass is 10.0. The van der Waals surface area contributed by atoms with Gasteiger partial charge in [-0.2, -0.15) is 0 Å². The number of rotatable bonds is 11. The van der Waals surface area contributed by atoms with Crippen LogP contribution in [-0.4, -0.2) is 51.6 Å². The number of aliphatic hydroxyl groups is 1. The fourth-order valence-corrected chi connectivity index (χ4v) is 6.04. The Bertz CT molecular complexity index is 1270. The van der Waals surface area contributed by atoms with E-state index in [0.29, 0.717) is 12.2 Å². The van der Waals surface area contributed by atoms with Crippen LogP contribution in [0.1, 0.15) is 33.4 Å². The number of ether oxygens (including phenoxy) is 2. The van der Waals surface area contributed by atoms with Gasteiger partial charge in [0, 0.05) is 12.3 Å². The van der Waals surface area contributed by atoms with Crippen molar-refractivity contribution < 1.29 is 28.4 Å². The molecule has 0 aliphatic carbocycles. The van der Waals surface area contributed by atoms with E-state index in [-0.39, 0.29) is 12.7 Å². The van der Waals surface area contributed by atoms with Gasteiger partial charge in [0.2, 0.25) is 0 Å². The summed E-state index contributed by atoms with van der Waals surface area (Å²) in [5.41, 5.74) is -1.32. The van der Waals surface area contributed by atoms with Crippen LogP contribution >= 0.6 is 6.64 Å². The molecule has 2 aromatic rings. The molecule has 1 aromatic carbocycles. The smallest absolute Gasteiger partial charge is 0.330 e. The van der Waals surface area contributed by atoms with Crippen LogP contribution in [0.3, 0.4) is 0 Å². The molecule has 0 bridgehead atoms. The molecule has 1 aromatic heterocycles. The number of hydrogen-bond donors (Lipinski definition) is 3. The third-order valence-electron chi connectivity index (χ3n) is 5.42. The van der Waals surface area contributed by atoms with Gasteiger partial charge < -0.3 is 23.6 Å². The molecule has 1 aliphatic heterocycles. The first-order valence-corrected chi connectivity index (χ1v) is 14.3. The van der Waals surface area contributed by atoms with Gasteiger partial charge in [0.05, 0.1) is 18.6 Å². The Balaban J connectivity index is 1.82. The number of esters is 1. The van der Waals surface area contributed by atoms with Gasteiger partial charge >= 0.3 is 18.3 Å². The molecule has 11 nitrogen and oxygen atoms in total. The minimum absolute atomic E-state index is 0.263. The minimum Gasteiger partial charge on any atom is -0.462 e. The topological polar surface area (TPSA) is 141 Å². The average Bonchev–Trinajstić information content (AvgIpc) is 3.16. The number of nitrogens with one attached hydrogen (secondary N) is 2. The van der Waals surface area contributed by atoms with Gasteiger partial charge in [0.25, 0.3) is 5.56 Å². The van der Waals surface area contributed by atoms with Gasteiger partial charge in [0.15, 0.2) is 6.23 Å². The van der Waals surface area contributed by atoms with E-state index in [1.54, 1.807) is 51.1 Å². The lowest BCUT2D eigenvalue weighted by molar-refractivity contribution is -0.149. The van der Waals surface area contributed by atoms with Crippen molar-refractivity contribution in [2.75, 3.05) is 6.61 Å². The summed E-state index contributed by atoms with van der Waals surface area (Å²) in [7, 11) is 0. The Labute approximate surface area is 219 Å². The van der Waals surface area contributed by atoms with Crippen LogP contribution in [0.25, 0.3) is 0 Å². The van der Waals surface area contributed by atoms with Crippen molar-refractivity contribution in [3.8, 4) is 18.1 Å². The van der Waals surface area contributed by atoms with E-state index >= 15 is 0 Å². The number of carbonyl (C=O) groups is 1. The second-order valence-electron chi connectivity index (χ2n) is 8.54. The molecule has 0 spiro atoms. The van der Waals surface area contributed by atoms with E-state index in [1.807, 2.05) is 0 Å². The maximum absolute atomic E-state index is 12.6. The largest absolute Gasteiger partial charge is 0.462 e. The second-order valence-corrected chi connectivity index (χ2v) is 11.7. The van der Waals surface area contributed by atoms with Crippen molar-refractivity contribution in [1.29, 1.82) is 0 Å². The zero-order valence-electron chi connectivity index (χ0n) is 20.6. The Morgan fingerprint density at radius 3 is 2.62 bits per heavy atom. The van der Waals surface area contributed by atoms with Gasteiger partial charge in [-0.1, -0.05) is 31.0 Å². The van der Waals surface area contributed by atoms with Crippen molar-refractivity contribution in [2.45, 2.75) is 57.8 Å². The first-order valence-electron chi connectivity index (χ1n) is 11.7. The molecule has 6 atom stereocenters. The van der Waals surface area contributed by atoms with Gasteiger partial charge in [-0.15, -0.1) is 6.42 Å². The fourth-order valence-electron chi connectivity index (χ4n) is 3.63.